The predicted molar refractivity (Wildman–Crippen MR) is 53.8 cm³/mol. The first-order valence-corrected chi connectivity index (χ1v) is 4.51. The Hall–Kier alpha value is -2.10. The van der Waals surface area contributed by atoms with Gasteiger partial charge in [0.1, 0.15) is 5.76 Å². The molecular weight excluding hydrogens is 194 g/mol. The number of carbonyl (C=O) groups excluding carboxylic acids is 1. The van der Waals surface area contributed by atoms with Gasteiger partial charge in [0.25, 0.3) is 0 Å². The van der Waals surface area contributed by atoms with Gasteiger partial charge >= 0.3 is 5.76 Å². The van der Waals surface area contributed by atoms with Crippen LogP contribution in [0.4, 0.5) is 0 Å². The van der Waals surface area contributed by atoms with E-state index in [0.717, 1.165) is 0 Å². The molecule has 0 unspecified atom stereocenters. The maximum absolute atomic E-state index is 11.6. The number of aromatic amines is 1. The second-order valence-corrected chi connectivity index (χ2v) is 3.11. The average Bonchev–Trinajstić information content (AvgIpc) is 2.65. The first kappa shape index (κ1) is 9.45. The molecule has 1 aromatic heterocycles. The molecule has 0 saturated heterocycles. The Bertz CT molecular complexity index is 510. The van der Waals surface area contributed by atoms with Gasteiger partial charge in [0.05, 0.1) is 6.42 Å². The second-order valence-electron chi connectivity index (χ2n) is 3.11. The van der Waals surface area contributed by atoms with Crippen LogP contribution in [-0.2, 0) is 6.42 Å². The lowest BCUT2D eigenvalue weighted by Gasteiger charge is -1.96. The highest BCUT2D eigenvalue weighted by Crippen LogP contribution is 2.05. The average molecular weight is 203 g/mol. The second kappa shape index (κ2) is 3.96. The Morgan fingerprint density at radius 2 is 2.00 bits per heavy atom. The van der Waals surface area contributed by atoms with Crippen molar-refractivity contribution in [2.24, 2.45) is 0 Å². The Morgan fingerprint density at radius 1 is 1.27 bits per heavy atom. The van der Waals surface area contributed by atoms with Crippen molar-refractivity contribution in [3.63, 3.8) is 0 Å². The van der Waals surface area contributed by atoms with Crippen LogP contribution in [0.5, 0.6) is 0 Å². The highest BCUT2D eigenvalue weighted by atomic mass is 16.4. The SMILES string of the molecule is O=C(Cc1c[nH]c(=O)o1)c1ccccc1. The number of hydrogen-bond acceptors (Lipinski definition) is 3. The zero-order valence-corrected chi connectivity index (χ0v) is 7.90. The van der Waals surface area contributed by atoms with Crippen molar-refractivity contribution in [2.45, 2.75) is 6.42 Å². The van der Waals surface area contributed by atoms with Gasteiger partial charge in [0, 0.05) is 11.8 Å². The van der Waals surface area contributed by atoms with Gasteiger partial charge in [-0.1, -0.05) is 30.3 Å². The minimum Gasteiger partial charge on any atom is -0.413 e. The van der Waals surface area contributed by atoms with E-state index >= 15 is 0 Å². The maximum Gasteiger partial charge on any atom is 0.416 e. The van der Waals surface area contributed by atoms with E-state index in [9.17, 15) is 9.59 Å². The quantitative estimate of drug-likeness (QED) is 0.767. The van der Waals surface area contributed by atoms with Gasteiger partial charge in [0.15, 0.2) is 5.78 Å². The lowest BCUT2D eigenvalue weighted by atomic mass is 10.1. The number of rotatable bonds is 3. The highest BCUT2D eigenvalue weighted by Gasteiger charge is 2.08. The van der Waals surface area contributed by atoms with Crippen molar-refractivity contribution in [3.8, 4) is 0 Å². The summed E-state index contributed by atoms with van der Waals surface area (Å²) in [7, 11) is 0. The minimum absolute atomic E-state index is 0.0710. The summed E-state index contributed by atoms with van der Waals surface area (Å²) in [5.74, 6) is -0.252. The third-order valence-electron chi connectivity index (χ3n) is 2.01. The van der Waals surface area contributed by atoms with Crippen molar-refractivity contribution < 1.29 is 9.21 Å². The Kier molecular flexibility index (Phi) is 2.49. The molecule has 0 amide bonds. The summed E-state index contributed by atoms with van der Waals surface area (Å²) >= 11 is 0. The fraction of sp³-hybridized carbons (Fsp3) is 0.0909. The molecule has 2 aromatic rings. The lowest BCUT2D eigenvalue weighted by molar-refractivity contribution is 0.0986. The zero-order valence-electron chi connectivity index (χ0n) is 7.90. The molecule has 0 spiro atoms. The van der Waals surface area contributed by atoms with Crippen LogP contribution in [0, 0.1) is 0 Å². The molecule has 15 heavy (non-hydrogen) atoms. The number of hydrogen-bond donors (Lipinski definition) is 1. The van der Waals surface area contributed by atoms with E-state index < -0.39 is 5.76 Å². The fourth-order valence-corrected chi connectivity index (χ4v) is 1.29. The summed E-state index contributed by atoms with van der Waals surface area (Å²) in [4.78, 5) is 24.7. The first-order chi connectivity index (χ1) is 7.25. The van der Waals surface area contributed by atoms with E-state index in [-0.39, 0.29) is 12.2 Å². The Balaban J connectivity index is 2.14. The predicted octanol–water partition coefficient (Wildman–Crippen LogP) is 1.39. The number of benzene rings is 1. The van der Waals surface area contributed by atoms with Crippen LogP contribution in [0.1, 0.15) is 16.1 Å². The molecule has 1 heterocycles. The summed E-state index contributed by atoms with van der Waals surface area (Å²) in [5, 5.41) is 0. The van der Waals surface area contributed by atoms with E-state index in [4.69, 9.17) is 4.42 Å². The van der Waals surface area contributed by atoms with Gasteiger partial charge in [-0.05, 0) is 0 Å². The van der Waals surface area contributed by atoms with Crippen molar-refractivity contribution >= 4 is 5.78 Å². The standard InChI is InChI=1S/C11H9NO3/c13-10(8-4-2-1-3-5-8)6-9-7-12-11(14)15-9/h1-5,7H,6H2,(H,12,14). The van der Waals surface area contributed by atoms with E-state index in [1.165, 1.54) is 6.20 Å². The third kappa shape index (κ3) is 2.22. The third-order valence-corrected chi connectivity index (χ3v) is 2.01. The molecule has 1 aromatic carbocycles. The van der Waals surface area contributed by atoms with Crippen LogP contribution in [0.25, 0.3) is 0 Å². The maximum atomic E-state index is 11.6. The summed E-state index contributed by atoms with van der Waals surface area (Å²) in [6.07, 6.45) is 1.51. The molecule has 2 rings (SSSR count). The van der Waals surface area contributed by atoms with Crippen LogP contribution in [0.3, 0.4) is 0 Å². The molecule has 0 saturated carbocycles. The molecule has 4 heteroatoms. The van der Waals surface area contributed by atoms with Crippen LogP contribution in [0.2, 0.25) is 0 Å². The van der Waals surface area contributed by atoms with E-state index in [1.54, 1.807) is 24.3 Å². The number of oxazole rings is 1. The first-order valence-electron chi connectivity index (χ1n) is 4.51. The number of ketones is 1. The summed E-state index contributed by atoms with van der Waals surface area (Å²) < 4.78 is 4.74. The van der Waals surface area contributed by atoms with Gasteiger partial charge in [-0.3, -0.25) is 9.78 Å². The number of nitrogens with one attached hydrogen (secondary N) is 1. The topological polar surface area (TPSA) is 63.1 Å². The monoisotopic (exact) mass is 203 g/mol. The summed E-state index contributed by atoms with van der Waals surface area (Å²) in [6.45, 7) is 0. The normalized spacial score (nSPS) is 10.1. The number of carbonyl (C=O) groups is 1. The molecule has 0 aliphatic rings. The van der Waals surface area contributed by atoms with Crippen LogP contribution in [-0.4, -0.2) is 10.8 Å². The minimum atomic E-state index is -0.536. The largest absolute Gasteiger partial charge is 0.416 e. The van der Waals surface area contributed by atoms with Crippen LogP contribution < -0.4 is 5.76 Å². The molecule has 1 N–H and O–H groups in total. The lowest BCUT2D eigenvalue weighted by Crippen LogP contribution is -2.02. The molecule has 4 nitrogen and oxygen atoms in total. The van der Waals surface area contributed by atoms with Gasteiger partial charge in [-0.15, -0.1) is 0 Å². The van der Waals surface area contributed by atoms with Crippen molar-refractivity contribution in [1.29, 1.82) is 0 Å². The molecule has 0 aliphatic carbocycles. The van der Waals surface area contributed by atoms with Crippen molar-refractivity contribution in [2.75, 3.05) is 0 Å². The van der Waals surface area contributed by atoms with Crippen molar-refractivity contribution in [3.05, 3.63) is 58.4 Å². The van der Waals surface area contributed by atoms with E-state index in [0.29, 0.717) is 11.3 Å². The zero-order chi connectivity index (χ0) is 10.7. The Labute approximate surface area is 85.6 Å². The molecule has 0 fully saturated rings. The Morgan fingerprint density at radius 3 is 2.60 bits per heavy atom. The smallest absolute Gasteiger partial charge is 0.413 e. The van der Waals surface area contributed by atoms with Crippen molar-refractivity contribution in [1.82, 2.24) is 4.98 Å². The molecule has 0 atom stereocenters. The van der Waals surface area contributed by atoms with E-state index in [2.05, 4.69) is 4.98 Å². The van der Waals surface area contributed by atoms with Crippen LogP contribution >= 0.6 is 0 Å². The molecule has 0 bridgehead atoms. The number of H-pyrrole nitrogens is 1. The summed E-state index contributed by atoms with van der Waals surface area (Å²) in [6, 6.07) is 8.88. The number of aromatic nitrogens is 1. The van der Waals surface area contributed by atoms with E-state index in [1.807, 2.05) is 6.07 Å². The highest BCUT2D eigenvalue weighted by molar-refractivity contribution is 5.97. The van der Waals surface area contributed by atoms with Gasteiger partial charge in [-0.25, -0.2) is 4.79 Å². The molecule has 0 radical (unpaired) electrons. The van der Waals surface area contributed by atoms with Gasteiger partial charge < -0.3 is 4.42 Å². The van der Waals surface area contributed by atoms with Gasteiger partial charge in [0.2, 0.25) is 0 Å². The molecule has 0 aliphatic heterocycles. The molecular formula is C11H9NO3. The van der Waals surface area contributed by atoms with Crippen LogP contribution in [0.15, 0.2) is 45.7 Å². The summed E-state index contributed by atoms with van der Waals surface area (Å²) in [5.41, 5.74) is 0.612. The fourth-order valence-electron chi connectivity index (χ4n) is 1.29. The van der Waals surface area contributed by atoms with Gasteiger partial charge in [-0.2, -0.15) is 0 Å². The number of Topliss-reactive ketones (excluding diaryl/α,β-unsaturated/α-hetero) is 1. The molecule has 76 valence electrons.